The lowest BCUT2D eigenvalue weighted by Crippen LogP contribution is -2.32. The Balaban J connectivity index is 0.000000192. The maximum atomic E-state index is 12.4. The summed E-state index contributed by atoms with van der Waals surface area (Å²) >= 11 is 3.31. The van der Waals surface area contributed by atoms with Gasteiger partial charge in [0.15, 0.2) is 16.3 Å². The molecule has 0 saturated carbocycles. The number of benzene rings is 3. The summed E-state index contributed by atoms with van der Waals surface area (Å²) in [7, 11) is 0. The van der Waals surface area contributed by atoms with Crippen LogP contribution in [-0.2, 0) is 29.1 Å². The van der Waals surface area contributed by atoms with Crippen LogP contribution in [0.4, 0.5) is 21.0 Å². The number of amides is 2. The molecule has 0 unspecified atom stereocenters. The van der Waals surface area contributed by atoms with Crippen LogP contribution in [-0.4, -0.2) is 96.3 Å². The highest BCUT2D eigenvalue weighted by molar-refractivity contribution is 9.10. The van der Waals surface area contributed by atoms with Crippen molar-refractivity contribution in [3.63, 3.8) is 0 Å². The van der Waals surface area contributed by atoms with Crippen LogP contribution < -0.4 is 47.8 Å². The number of aliphatic hydroxyl groups is 3. The van der Waals surface area contributed by atoms with Crippen LogP contribution in [0.25, 0.3) is 32.9 Å². The minimum Gasteiger partial charge on any atom is -0.459 e. The van der Waals surface area contributed by atoms with Crippen LogP contribution in [0.1, 0.15) is 78.1 Å². The van der Waals surface area contributed by atoms with E-state index < -0.39 is 23.4 Å². The van der Waals surface area contributed by atoms with E-state index in [0.717, 1.165) is 61.3 Å². The number of β-amino-alcohol motifs (C(OH)–C–C–N with tert-alkyl or cyclic N) is 3. The van der Waals surface area contributed by atoms with Gasteiger partial charge in [0.05, 0.1) is 54.1 Å². The molecule has 73 heavy (non-hydrogen) atoms. The average Bonchev–Trinajstić information content (AvgIpc) is 4.10. The molecule has 9 rings (SSSR count). The molecular weight excluding hydrogens is 1030 g/mol. The Morgan fingerprint density at radius 1 is 0.644 bits per heavy atom. The van der Waals surface area contributed by atoms with Gasteiger partial charge < -0.3 is 69.5 Å². The number of carbonyl (C=O) groups is 2. The maximum Gasteiger partial charge on any atom is 0.408 e. The van der Waals surface area contributed by atoms with Crippen LogP contribution in [0.3, 0.4) is 0 Å². The van der Waals surface area contributed by atoms with Gasteiger partial charge in [0.1, 0.15) is 45.2 Å². The second-order valence-electron chi connectivity index (χ2n) is 19.6. The molecule has 2 amide bonds. The molecule has 3 atom stereocenters. The molecule has 3 aromatic heterocycles. The Hall–Kier alpha value is -6.00. The summed E-state index contributed by atoms with van der Waals surface area (Å²) in [6, 6.07) is 20.3. The number of rotatable bonds is 7. The van der Waals surface area contributed by atoms with E-state index in [9.17, 15) is 34.2 Å². The van der Waals surface area contributed by atoms with Gasteiger partial charge in [-0.25, -0.2) is 9.59 Å². The van der Waals surface area contributed by atoms with Gasteiger partial charge >= 0.3 is 12.2 Å². The van der Waals surface area contributed by atoms with E-state index in [2.05, 4.69) is 36.8 Å². The van der Waals surface area contributed by atoms with Crippen molar-refractivity contribution in [1.29, 1.82) is 0 Å². The molecule has 3 aromatic carbocycles. The third-order valence-corrected chi connectivity index (χ3v) is 11.7. The van der Waals surface area contributed by atoms with Crippen molar-refractivity contribution in [1.82, 2.24) is 16.0 Å². The SMILES string of the molecule is CC(C)(C)OC(=O)NCc1cc(=O)c2cc(Br)ccc2o1.CC(C)(C)OC(=O)NCc1cc(=O)c2cc(N3CC[C@H](O)C3)ccc2o1.Cl.NCc1cc(=O)c2cc(N3CC[C@H](O)C3)ccc2o1.O[C@H]1CCNC1. The Morgan fingerprint density at radius 2 is 1.05 bits per heavy atom. The standard InChI is InChI=1S/C19H24N2O5.C15H16BrNO4.C14H16N2O3.C4H9NO.ClH/c1-19(2,3)26-18(24)20-10-14-9-16(23)15-8-12(4-5-17(15)25-14)21-7-6-13(22)11-21;1-15(2,3)21-14(19)17-8-10-7-12(18)11-6-9(16)4-5-13(11)20-10;15-7-11-6-13(18)12-5-9(1-2-14(12)19-11)16-4-3-10(17)8-16;6-4-1-2-5-3-4;/h4-5,8-9,13,22H,6-7,10-11H2,1-3H3,(H,20,24);4-7H,8H2,1-3H3,(H,17,19);1-2,5-6,10,17H,3-4,7-8,15H2;4-6H,1-3H2;1H/t13-;;10-;4-;/m0.00./s1. The summed E-state index contributed by atoms with van der Waals surface area (Å²) in [4.78, 5) is 63.8. The zero-order chi connectivity index (χ0) is 52.3. The first-order valence-electron chi connectivity index (χ1n) is 23.8. The number of nitrogens with one attached hydrogen (secondary N) is 3. The summed E-state index contributed by atoms with van der Waals surface area (Å²) < 4.78 is 27.9. The minimum absolute atomic E-state index is 0. The molecule has 19 nitrogen and oxygen atoms in total. The Bertz CT molecular complexity index is 3020. The number of nitrogens with zero attached hydrogens (tertiary/aromatic N) is 2. The molecule has 396 valence electrons. The Morgan fingerprint density at radius 3 is 1.41 bits per heavy atom. The van der Waals surface area contributed by atoms with E-state index in [4.69, 9.17) is 33.6 Å². The number of nitrogens with two attached hydrogens (primary N) is 1. The van der Waals surface area contributed by atoms with Crippen LogP contribution in [0.2, 0.25) is 0 Å². The predicted molar refractivity (Wildman–Crippen MR) is 286 cm³/mol. The van der Waals surface area contributed by atoms with Gasteiger partial charge in [-0.1, -0.05) is 15.9 Å². The smallest absolute Gasteiger partial charge is 0.408 e. The van der Waals surface area contributed by atoms with Crippen molar-refractivity contribution >= 4 is 84.8 Å². The third kappa shape index (κ3) is 17.6. The molecule has 0 aliphatic carbocycles. The van der Waals surface area contributed by atoms with Gasteiger partial charge in [-0.05, 0) is 122 Å². The number of halogens is 2. The molecule has 6 aromatic rings. The zero-order valence-corrected chi connectivity index (χ0v) is 44.2. The Labute approximate surface area is 436 Å². The van der Waals surface area contributed by atoms with Gasteiger partial charge in [-0.3, -0.25) is 14.4 Å². The summed E-state index contributed by atoms with van der Waals surface area (Å²) in [5, 5.41) is 37.6. The van der Waals surface area contributed by atoms with Crippen LogP contribution in [0.15, 0.2) is 105 Å². The van der Waals surface area contributed by atoms with Crippen LogP contribution >= 0.6 is 28.3 Å². The number of ether oxygens (including phenoxy) is 2. The lowest BCUT2D eigenvalue weighted by atomic mass is 10.2. The van der Waals surface area contributed by atoms with Gasteiger partial charge in [0.2, 0.25) is 0 Å². The summed E-state index contributed by atoms with van der Waals surface area (Å²) in [6.45, 7) is 15.6. The van der Waals surface area contributed by atoms with Crippen molar-refractivity contribution in [2.75, 3.05) is 49.1 Å². The van der Waals surface area contributed by atoms with Crippen molar-refractivity contribution in [2.45, 2.75) is 110 Å². The molecule has 3 aliphatic heterocycles. The predicted octanol–water partition coefficient (Wildman–Crippen LogP) is 6.55. The second-order valence-corrected chi connectivity index (χ2v) is 20.5. The van der Waals surface area contributed by atoms with Crippen molar-refractivity contribution in [3.05, 3.63) is 125 Å². The number of hydrogen-bond donors (Lipinski definition) is 7. The van der Waals surface area contributed by atoms with E-state index in [0.29, 0.717) is 63.3 Å². The lowest BCUT2D eigenvalue weighted by Gasteiger charge is -2.19. The third-order valence-electron chi connectivity index (χ3n) is 11.2. The van der Waals surface area contributed by atoms with Crippen molar-refractivity contribution < 1.29 is 47.6 Å². The molecule has 0 bridgehead atoms. The largest absolute Gasteiger partial charge is 0.459 e. The van der Waals surface area contributed by atoms with Gasteiger partial charge in [0.25, 0.3) is 0 Å². The van der Waals surface area contributed by atoms with E-state index in [1.807, 2.05) is 23.1 Å². The van der Waals surface area contributed by atoms with Gasteiger partial charge in [-0.15, -0.1) is 12.4 Å². The van der Waals surface area contributed by atoms with E-state index >= 15 is 0 Å². The van der Waals surface area contributed by atoms with Gasteiger partial charge in [0, 0.05) is 66.8 Å². The summed E-state index contributed by atoms with van der Waals surface area (Å²) in [5.41, 5.74) is 7.24. The first kappa shape index (κ1) is 57.9. The first-order chi connectivity index (χ1) is 34.0. The normalized spacial score (nSPS) is 17.4. The molecule has 3 saturated heterocycles. The fourth-order valence-corrected chi connectivity index (χ4v) is 8.14. The van der Waals surface area contributed by atoms with Crippen molar-refractivity contribution in [2.24, 2.45) is 5.73 Å². The lowest BCUT2D eigenvalue weighted by molar-refractivity contribution is 0.0509. The Kier molecular flexibility index (Phi) is 20.4. The zero-order valence-electron chi connectivity index (χ0n) is 41.8. The quantitative estimate of drug-likeness (QED) is 0.0892. The number of fused-ring (bicyclic) bond motifs is 3. The minimum atomic E-state index is -0.589. The highest BCUT2D eigenvalue weighted by Crippen LogP contribution is 2.26. The molecule has 0 spiro atoms. The number of anilines is 2. The number of carbonyl (C=O) groups excluding carboxylic acids is 2. The fourth-order valence-electron chi connectivity index (χ4n) is 7.77. The van der Waals surface area contributed by atoms with E-state index in [-0.39, 0.29) is 66.6 Å². The fraction of sp³-hybridized carbons (Fsp3) is 0.442. The number of alkyl carbamates (subject to hydrolysis) is 2. The highest BCUT2D eigenvalue weighted by atomic mass is 79.9. The maximum absolute atomic E-state index is 12.4. The molecule has 3 aliphatic rings. The molecule has 8 N–H and O–H groups in total. The molecule has 6 heterocycles. The van der Waals surface area contributed by atoms with Crippen LogP contribution in [0.5, 0.6) is 0 Å². The highest BCUT2D eigenvalue weighted by Gasteiger charge is 2.23. The average molecular weight is 1100 g/mol. The first-order valence-corrected chi connectivity index (χ1v) is 24.6. The summed E-state index contributed by atoms with van der Waals surface area (Å²) in [6.07, 6.45) is 0.616. The molecular formula is C52H66BrClN6O13. The second kappa shape index (κ2) is 25.8. The molecule has 3 fully saturated rings. The van der Waals surface area contributed by atoms with E-state index in [1.165, 1.54) is 18.2 Å². The molecule has 21 heteroatoms. The molecule has 0 radical (unpaired) electrons. The summed E-state index contributed by atoms with van der Waals surface area (Å²) in [5.74, 6) is 1.22. The van der Waals surface area contributed by atoms with Gasteiger partial charge in [-0.2, -0.15) is 0 Å². The van der Waals surface area contributed by atoms with Crippen molar-refractivity contribution in [3.8, 4) is 0 Å². The number of hydrogen-bond acceptors (Lipinski definition) is 17. The topological polar surface area (TPSA) is 273 Å². The van der Waals surface area contributed by atoms with Crippen LogP contribution in [0, 0.1) is 0 Å². The monoisotopic (exact) mass is 1100 g/mol. The van der Waals surface area contributed by atoms with E-state index in [1.54, 1.807) is 77.9 Å². The number of aliphatic hydroxyl groups excluding tert-OH is 3.